The van der Waals surface area contributed by atoms with Gasteiger partial charge in [0, 0.05) is 25.0 Å². The van der Waals surface area contributed by atoms with Gasteiger partial charge in [-0.2, -0.15) is 0 Å². The molecular weight excluding hydrogens is 302 g/mol. The number of nitrogens with one attached hydrogen (secondary N) is 1. The lowest BCUT2D eigenvalue weighted by Crippen LogP contribution is -2.48. The Kier molecular flexibility index (Phi) is 5.42. The van der Waals surface area contributed by atoms with Gasteiger partial charge in [0.2, 0.25) is 5.91 Å². The van der Waals surface area contributed by atoms with Crippen molar-refractivity contribution in [3.05, 3.63) is 36.2 Å². The quantitative estimate of drug-likeness (QED) is 0.792. The van der Waals surface area contributed by atoms with Crippen LogP contribution in [0.1, 0.15) is 18.4 Å². The first-order valence-corrected chi connectivity index (χ1v) is 9.28. The maximum absolute atomic E-state index is 11.7. The molecule has 6 nitrogen and oxygen atoms in total. The number of piperidine rings is 1. The van der Waals surface area contributed by atoms with E-state index in [0.717, 1.165) is 24.2 Å². The number of primary amides is 1. The number of para-hydroxylation sites is 1. The van der Waals surface area contributed by atoms with Crippen LogP contribution in [0.3, 0.4) is 0 Å². The van der Waals surface area contributed by atoms with Crippen molar-refractivity contribution in [1.29, 1.82) is 0 Å². The molecule has 1 heterocycles. The largest absolute Gasteiger partial charge is 0.368 e. The first kappa shape index (κ1) is 16.8. The molecule has 1 aliphatic rings. The summed E-state index contributed by atoms with van der Waals surface area (Å²) < 4.78 is 22.4. The number of carbonyl (C=O) groups is 1. The van der Waals surface area contributed by atoms with Crippen LogP contribution in [0.25, 0.3) is 0 Å². The molecule has 121 valence electrons. The number of benzene rings is 1. The zero-order chi connectivity index (χ0) is 16.2. The minimum atomic E-state index is -3.06. The number of amides is 1. The standard InChI is InChI=1S/C15H22N3O3S/c1-22(20,21)11-17-10-12-6-2-3-7-13(12)18-9-5-4-8-14(18)15(16)19/h2-4,6-7,14,17H,5,8-11H2,1H3,(H2,16,19). The van der Waals surface area contributed by atoms with Crippen molar-refractivity contribution >= 4 is 21.4 Å². The summed E-state index contributed by atoms with van der Waals surface area (Å²) in [6.07, 6.45) is 4.81. The Morgan fingerprint density at radius 2 is 2.14 bits per heavy atom. The number of nitrogens with zero attached hydrogens (tertiary/aromatic N) is 1. The van der Waals surface area contributed by atoms with Gasteiger partial charge in [0.05, 0.1) is 5.88 Å². The van der Waals surface area contributed by atoms with Crippen LogP contribution >= 0.6 is 0 Å². The number of hydrogen-bond donors (Lipinski definition) is 2. The summed E-state index contributed by atoms with van der Waals surface area (Å²) in [5.74, 6) is -0.413. The van der Waals surface area contributed by atoms with Crippen molar-refractivity contribution in [1.82, 2.24) is 5.32 Å². The second kappa shape index (κ2) is 7.11. The molecule has 1 aliphatic heterocycles. The molecule has 0 spiro atoms. The van der Waals surface area contributed by atoms with Gasteiger partial charge in [0.25, 0.3) is 0 Å². The molecular formula is C15H22N3O3S. The van der Waals surface area contributed by atoms with Gasteiger partial charge < -0.3 is 10.6 Å². The molecule has 1 aromatic carbocycles. The number of rotatable bonds is 6. The minimum absolute atomic E-state index is 0.0750. The monoisotopic (exact) mass is 324 g/mol. The van der Waals surface area contributed by atoms with Crippen LogP contribution in [-0.4, -0.2) is 39.0 Å². The van der Waals surface area contributed by atoms with Gasteiger partial charge in [-0.3, -0.25) is 10.1 Å². The third kappa shape index (κ3) is 4.45. The van der Waals surface area contributed by atoms with Crippen LogP contribution < -0.4 is 16.0 Å². The summed E-state index contributed by atoms with van der Waals surface area (Å²) in [5.41, 5.74) is 7.40. The summed E-state index contributed by atoms with van der Waals surface area (Å²) in [4.78, 5) is 13.7. The van der Waals surface area contributed by atoms with E-state index in [4.69, 9.17) is 5.73 Å². The highest BCUT2D eigenvalue weighted by Crippen LogP contribution is 2.27. The van der Waals surface area contributed by atoms with Crippen molar-refractivity contribution in [3.63, 3.8) is 0 Å². The van der Waals surface area contributed by atoms with E-state index in [1.165, 1.54) is 6.26 Å². The highest BCUT2D eigenvalue weighted by molar-refractivity contribution is 7.90. The molecule has 1 atom stereocenters. The van der Waals surface area contributed by atoms with Crippen LogP contribution in [0, 0.1) is 6.42 Å². The SMILES string of the molecule is CS(=O)(=O)CNCc1ccccc1N1CC[CH]CC1C(N)=O. The van der Waals surface area contributed by atoms with E-state index < -0.39 is 9.84 Å². The summed E-state index contributed by atoms with van der Waals surface area (Å²) >= 11 is 0. The Hall–Kier alpha value is -1.60. The highest BCUT2D eigenvalue weighted by atomic mass is 32.2. The lowest BCUT2D eigenvalue weighted by atomic mass is 9.99. The van der Waals surface area contributed by atoms with Gasteiger partial charge in [-0.25, -0.2) is 8.42 Å². The van der Waals surface area contributed by atoms with Gasteiger partial charge >= 0.3 is 0 Å². The van der Waals surface area contributed by atoms with Crippen LogP contribution in [0.15, 0.2) is 24.3 Å². The molecule has 1 unspecified atom stereocenters. The number of hydrogen-bond acceptors (Lipinski definition) is 5. The lowest BCUT2D eigenvalue weighted by molar-refractivity contribution is -0.119. The fraction of sp³-hybridized carbons (Fsp3) is 0.467. The smallest absolute Gasteiger partial charge is 0.240 e. The summed E-state index contributed by atoms with van der Waals surface area (Å²) in [5, 5.41) is 2.93. The Morgan fingerprint density at radius 3 is 2.82 bits per heavy atom. The molecule has 7 heteroatoms. The maximum atomic E-state index is 11.7. The van der Waals surface area contributed by atoms with Crippen LogP contribution in [0.2, 0.25) is 0 Å². The molecule has 1 radical (unpaired) electrons. The van der Waals surface area contributed by atoms with Gasteiger partial charge in [-0.05, 0) is 30.9 Å². The average Bonchev–Trinajstić information content (AvgIpc) is 2.46. The molecule has 0 aromatic heterocycles. The van der Waals surface area contributed by atoms with E-state index in [2.05, 4.69) is 11.7 Å². The number of anilines is 1. The number of nitrogens with two attached hydrogens (primary N) is 1. The first-order valence-electron chi connectivity index (χ1n) is 7.22. The van der Waals surface area contributed by atoms with Gasteiger partial charge in [0.1, 0.15) is 6.04 Å². The molecule has 22 heavy (non-hydrogen) atoms. The van der Waals surface area contributed by atoms with Gasteiger partial charge in [-0.15, -0.1) is 0 Å². The molecule has 1 aromatic rings. The molecule has 0 saturated carbocycles. The van der Waals surface area contributed by atoms with Crippen LogP contribution in [0.4, 0.5) is 5.69 Å². The minimum Gasteiger partial charge on any atom is -0.368 e. The molecule has 0 aliphatic carbocycles. The average molecular weight is 324 g/mol. The van der Waals surface area contributed by atoms with E-state index in [1.54, 1.807) is 0 Å². The predicted molar refractivity (Wildman–Crippen MR) is 86.9 cm³/mol. The zero-order valence-electron chi connectivity index (χ0n) is 12.7. The first-order chi connectivity index (χ1) is 10.4. The maximum Gasteiger partial charge on any atom is 0.240 e. The second-order valence-corrected chi connectivity index (χ2v) is 7.69. The van der Waals surface area contributed by atoms with E-state index in [-0.39, 0.29) is 17.8 Å². The molecule has 3 N–H and O–H groups in total. The van der Waals surface area contributed by atoms with E-state index in [9.17, 15) is 13.2 Å². The Labute approximate surface area is 131 Å². The third-order valence-corrected chi connectivity index (χ3v) is 4.38. The van der Waals surface area contributed by atoms with E-state index in [0.29, 0.717) is 13.0 Å². The third-order valence-electron chi connectivity index (χ3n) is 3.65. The fourth-order valence-electron chi connectivity index (χ4n) is 2.66. The molecule has 2 rings (SSSR count). The second-order valence-electron chi connectivity index (χ2n) is 5.55. The molecule has 1 amide bonds. The van der Waals surface area contributed by atoms with Crippen molar-refractivity contribution in [3.8, 4) is 0 Å². The van der Waals surface area contributed by atoms with Gasteiger partial charge in [0.15, 0.2) is 9.84 Å². The van der Waals surface area contributed by atoms with Crippen molar-refractivity contribution in [2.45, 2.75) is 25.4 Å². The Bertz CT molecular complexity index is 631. The highest BCUT2D eigenvalue weighted by Gasteiger charge is 2.28. The molecule has 0 bridgehead atoms. The topological polar surface area (TPSA) is 92.5 Å². The Morgan fingerprint density at radius 1 is 1.41 bits per heavy atom. The van der Waals surface area contributed by atoms with Crippen molar-refractivity contribution < 1.29 is 13.2 Å². The zero-order valence-corrected chi connectivity index (χ0v) is 13.5. The van der Waals surface area contributed by atoms with Crippen LogP contribution in [0.5, 0.6) is 0 Å². The normalized spacial score (nSPS) is 19.1. The summed E-state index contributed by atoms with van der Waals surface area (Å²) in [7, 11) is -3.06. The number of sulfone groups is 1. The van der Waals surface area contributed by atoms with Crippen LogP contribution in [-0.2, 0) is 21.2 Å². The Balaban J connectivity index is 2.17. The molecule has 1 saturated heterocycles. The van der Waals surface area contributed by atoms with Gasteiger partial charge in [-0.1, -0.05) is 18.2 Å². The predicted octanol–water partition coefficient (Wildman–Crippen LogP) is 0.437. The molecule has 1 fully saturated rings. The lowest BCUT2D eigenvalue weighted by Gasteiger charge is -2.36. The van der Waals surface area contributed by atoms with Crippen molar-refractivity contribution in [2.75, 3.05) is 23.6 Å². The summed E-state index contributed by atoms with van der Waals surface area (Å²) in [6, 6.07) is 7.34. The van der Waals surface area contributed by atoms with Crippen molar-refractivity contribution in [2.24, 2.45) is 5.73 Å². The van der Waals surface area contributed by atoms with E-state index in [1.807, 2.05) is 29.2 Å². The number of carbonyl (C=O) groups excluding carboxylic acids is 1. The fourth-order valence-corrected chi connectivity index (χ4v) is 3.13. The summed E-state index contributed by atoms with van der Waals surface area (Å²) in [6.45, 7) is 1.16. The van der Waals surface area contributed by atoms with E-state index >= 15 is 0 Å².